The number of nitrogens with zero attached hydrogens (tertiary/aromatic N) is 2. The van der Waals surface area contributed by atoms with Crippen molar-refractivity contribution >= 4 is 5.97 Å². The van der Waals surface area contributed by atoms with Crippen molar-refractivity contribution in [2.75, 3.05) is 0 Å². The molecule has 1 N–H and O–H groups in total. The van der Waals surface area contributed by atoms with Crippen LogP contribution in [-0.4, -0.2) is 20.6 Å². The van der Waals surface area contributed by atoms with Crippen molar-refractivity contribution in [1.29, 1.82) is 0 Å². The topological polar surface area (TPSA) is 85.3 Å². The Balaban J connectivity index is 2.34. The molecule has 2 rings (SSSR count). The maximum atomic E-state index is 11.5. The van der Waals surface area contributed by atoms with Crippen molar-refractivity contribution in [2.45, 2.75) is 13.5 Å². The fraction of sp³-hybridized carbons (Fsp3) is 0.182. The predicted octanol–water partition coefficient (Wildman–Crippen LogP) is 0.891. The zero-order valence-corrected chi connectivity index (χ0v) is 9.08. The maximum absolute atomic E-state index is 11.5. The molecular formula is C11H10N2O4. The van der Waals surface area contributed by atoms with Gasteiger partial charge >= 0.3 is 5.97 Å². The summed E-state index contributed by atoms with van der Waals surface area (Å²) in [5.41, 5.74) is 0.454. The Morgan fingerprint density at radius 2 is 2.35 bits per heavy atom. The minimum Gasteiger partial charge on any atom is -0.475 e. The molecular weight excluding hydrogens is 224 g/mol. The summed E-state index contributed by atoms with van der Waals surface area (Å²) in [6.45, 7) is 1.90. The monoisotopic (exact) mass is 234 g/mol. The highest BCUT2D eigenvalue weighted by Crippen LogP contribution is 2.15. The highest BCUT2D eigenvalue weighted by atomic mass is 16.4. The van der Waals surface area contributed by atoms with Crippen molar-refractivity contribution in [3.63, 3.8) is 0 Å². The Hall–Kier alpha value is -2.37. The second kappa shape index (κ2) is 4.25. The highest BCUT2D eigenvalue weighted by Gasteiger charge is 2.13. The molecule has 0 aliphatic carbocycles. The number of furan rings is 1. The van der Waals surface area contributed by atoms with Crippen LogP contribution < -0.4 is 5.56 Å². The highest BCUT2D eigenvalue weighted by molar-refractivity contribution is 5.84. The van der Waals surface area contributed by atoms with E-state index in [1.54, 1.807) is 6.92 Å². The summed E-state index contributed by atoms with van der Waals surface area (Å²) in [4.78, 5) is 26.0. The lowest BCUT2D eigenvalue weighted by atomic mass is 10.2. The van der Waals surface area contributed by atoms with Crippen LogP contribution in [0.4, 0.5) is 0 Å². The number of carboxylic acid groups (broad SMARTS) is 1. The molecule has 0 spiro atoms. The summed E-state index contributed by atoms with van der Waals surface area (Å²) in [5, 5.41) is 8.77. The number of aromatic nitrogens is 2. The molecule has 6 nitrogen and oxygen atoms in total. The molecule has 0 amide bonds. The Kier molecular flexibility index (Phi) is 2.78. The van der Waals surface area contributed by atoms with Gasteiger partial charge in [0.2, 0.25) is 5.76 Å². The van der Waals surface area contributed by atoms with Gasteiger partial charge in [-0.05, 0) is 13.0 Å². The molecule has 0 bridgehead atoms. The lowest BCUT2D eigenvalue weighted by Crippen LogP contribution is -2.19. The first-order valence-electron chi connectivity index (χ1n) is 4.91. The third kappa shape index (κ3) is 2.25. The van der Waals surface area contributed by atoms with Crippen LogP contribution in [0.25, 0.3) is 0 Å². The number of aromatic carboxylic acids is 1. The first-order chi connectivity index (χ1) is 8.08. The van der Waals surface area contributed by atoms with E-state index in [2.05, 4.69) is 4.98 Å². The van der Waals surface area contributed by atoms with Crippen molar-refractivity contribution in [1.82, 2.24) is 9.55 Å². The molecule has 2 aromatic heterocycles. The van der Waals surface area contributed by atoms with Gasteiger partial charge in [0.1, 0.15) is 5.76 Å². The Morgan fingerprint density at radius 1 is 1.59 bits per heavy atom. The van der Waals surface area contributed by atoms with Gasteiger partial charge in [0.05, 0.1) is 12.9 Å². The van der Waals surface area contributed by atoms with Gasteiger partial charge in [-0.2, -0.15) is 0 Å². The number of carboxylic acids is 1. The second-order valence-corrected chi connectivity index (χ2v) is 3.54. The molecule has 0 fully saturated rings. The molecule has 0 radical (unpaired) electrons. The Bertz CT molecular complexity index is 612. The molecule has 2 aromatic rings. The lowest BCUT2D eigenvalue weighted by Gasteiger charge is -2.01. The normalized spacial score (nSPS) is 10.4. The van der Waals surface area contributed by atoms with Gasteiger partial charge in [-0.25, -0.2) is 9.78 Å². The van der Waals surface area contributed by atoms with Crippen LogP contribution in [0, 0.1) is 6.92 Å². The molecule has 0 saturated heterocycles. The van der Waals surface area contributed by atoms with Crippen LogP contribution in [-0.2, 0) is 6.54 Å². The van der Waals surface area contributed by atoms with Crippen molar-refractivity contribution in [3.8, 4) is 0 Å². The smallest absolute Gasteiger partial charge is 0.371 e. The summed E-state index contributed by atoms with van der Waals surface area (Å²) in [5.74, 6) is -0.773. The molecule has 0 aliphatic heterocycles. The first kappa shape index (κ1) is 11.1. The fourth-order valence-electron chi connectivity index (χ4n) is 1.46. The summed E-state index contributed by atoms with van der Waals surface area (Å²) in [6, 6.07) is 2.75. The van der Waals surface area contributed by atoms with E-state index in [0.29, 0.717) is 11.3 Å². The number of hydrogen-bond acceptors (Lipinski definition) is 4. The zero-order chi connectivity index (χ0) is 12.4. The average Bonchev–Trinajstić information content (AvgIpc) is 2.64. The van der Waals surface area contributed by atoms with E-state index in [0.717, 1.165) is 0 Å². The summed E-state index contributed by atoms with van der Waals surface area (Å²) < 4.78 is 6.43. The van der Waals surface area contributed by atoms with Gasteiger partial charge in [-0.3, -0.25) is 9.36 Å². The largest absolute Gasteiger partial charge is 0.475 e. The van der Waals surface area contributed by atoms with Gasteiger partial charge < -0.3 is 9.52 Å². The van der Waals surface area contributed by atoms with Crippen molar-refractivity contribution in [3.05, 3.63) is 52.1 Å². The number of aryl methyl sites for hydroxylation is 1. The number of hydrogen-bond donors (Lipinski definition) is 1. The summed E-state index contributed by atoms with van der Waals surface area (Å²) in [7, 11) is 0. The predicted molar refractivity (Wildman–Crippen MR) is 58.0 cm³/mol. The van der Waals surface area contributed by atoms with Gasteiger partial charge in [0.15, 0.2) is 0 Å². The Morgan fingerprint density at radius 3 is 2.94 bits per heavy atom. The molecule has 6 heteroatoms. The molecule has 0 unspecified atom stereocenters. The maximum Gasteiger partial charge on any atom is 0.371 e. The first-order valence-corrected chi connectivity index (χ1v) is 4.91. The Labute approximate surface area is 96.1 Å². The van der Waals surface area contributed by atoms with Crippen LogP contribution in [0.5, 0.6) is 0 Å². The summed E-state index contributed by atoms with van der Waals surface area (Å²) in [6.07, 6.45) is 2.80. The van der Waals surface area contributed by atoms with Crippen molar-refractivity contribution in [2.24, 2.45) is 0 Å². The van der Waals surface area contributed by atoms with Crippen LogP contribution >= 0.6 is 0 Å². The molecule has 2 heterocycles. The van der Waals surface area contributed by atoms with E-state index >= 15 is 0 Å². The van der Waals surface area contributed by atoms with E-state index in [1.807, 2.05) is 0 Å². The molecule has 17 heavy (non-hydrogen) atoms. The van der Waals surface area contributed by atoms with Gasteiger partial charge in [0, 0.05) is 17.8 Å². The van der Waals surface area contributed by atoms with Crippen molar-refractivity contribution < 1.29 is 14.3 Å². The van der Waals surface area contributed by atoms with E-state index < -0.39 is 5.97 Å². The van der Waals surface area contributed by atoms with Crippen LogP contribution in [0.15, 0.2) is 33.9 Å². The standard InChI is InChI=1S/C11H10N2O4/c1-7-8(4-9(17-7)11(15)16)5-13-6-12-3-2-10(13)14/h2-4,6H,5H2,1H3,(H,15,16). The second-order valence-electron chi connectivity index (χ2n) is 3.54. The molecule has 0 aromatic carbocycles. The summed E-state index contributed by atoms with van der Waals surface area (Å²) >= 11 is 0. The lowest BCUT2D eigenvalue weighted by molar-refractivity contribution is 0.0661. The van der Waals surface area contributed by atoms with E-state index in [4.69, 9.17) is 9.52 Å². The van der Waals surface area contributed by atoms with Crippen LogP contribution in [0.2, 0.25) is 0 Å². The van der Waals surface area contributed by atoms with Gasteiger partial charge in [-0.15, -0.1) is 0 Å². The molecule has 88 valence electrons. The van der Waals surface area contributed by atoms with Gasteiger partial charge in [-0.1, -0.05) is 0 Å². The number of carbonyl (C=O) groups is 1. The zero-order valence-electron chi connectivity index (χ0n) is 9.08. The van der Waals surface area contributed by atoms with E-state index in [-0.39, 0.29) is 17.9 Å². The third-order valence-electron chi connectivity index (χ3n) is 2.36. The molecule has 0 saturated carbocycles. The SMILES string of the molecule is Cc1oc(C(=O)O)cc1Cn1cnccc1=O. The molecule has 0 atom stereocenters. The van der Waals surface area contributed by atoms with E-state index in [1.165, 1.54) is 29.2 Å². The van der Waals surface area contributed by atoms with E-state index in [9.17, 15) is 9.59 Å². The molecule has 0 aliphatic rings. The quantitative estimate of drug-likeness (QED) is 0.852. The van der Waals surface area contributed by atoms with Crippen LogP contribution in [0.1, 0.15) is 21.9 Å². The average molecular weight is 234 g/mol. The minimum absolute atomic E-state index is 0.130. The fourth-order valence-corrected chi connectivity index (χ4v) is 1.46. The third-order valence-corrected chi connectivity index (χ3v) is 2.36. The minimum atomic E-state index is -1.13. The number of rotatable bonds is 3. The van der Waals surface area contributed by atoms with Crippen LogP contribution in [0.3, 0.4) is 0 Å². The van der Waals surface area contributed by atoms with Gasteiger partial charge in [0.25, 0.3) is 5.56 Å².